The molecule has 0 saturated heterocycles. The molecule has 0 N–H and O–H groups in total. The Kier molecular flexibility index (Phi) is 3.13. The monoisotopic (exact) mass is 247 g/mol. The Labute approximate surface area is 108 Å². The molecular formula is C15H18ClN. The van der Waals surface area contributed by atoms with Crippen LogP contribution >= 0.6 is 11.6 Å². The van der Waals surface area contributed by atoms with E-state index in [1.165, 1.54) is 16.5 Å². The van der Waals surface area contributed by atoms with E-state index < -0.39 is 0 Å². The largest absolute Gasteiger partial charge is 0.252 e. The standard InChI is InChI=1S/C15H18ClN/c1-10-5-6-13-12(7-10)11(9-16)8-14(17-13)15(2,3)4/h5-8H,9H2,1-4H3. The maximum Gasteiger partial charge on any atom is 0.0708 e. The van der Waals surface area contributed by atoms with Gasteiger partial charge in [-0.3, -0.25) is 4.98 Å². The van der Waals surface area contributed by atoms with E-state index in [0.29, 0.717) is 5.88 Å². The van der Waals surface area contributed by atoms with E-state index >= 15 is 0 Å². The minimum absolute atomic E-state index is 0.0554. The number of alkyl halides is 1. The zero-order valence-electron chi connectivity index (χ0n) is 10.8. The van der Waals surface area contributed by atoms with Gasteiger partial charge in [-0.05, 0) is 30.7 Å². The molecule has 0 amide bonds. The Morgan fingerprint density at radius 2 is 1.88 bits per heavy atom. The smallest absolute Gasteiger partial charge is 0.0708 e. The number of aryl methyl sites for hydroxylation is 1. The van der Waals surface area contributed by atoms with Crippen LogP contribution in [-0.4, -0.2) is 4.98 Å². The SMILES string of the molecule is Cc1ccc2nc(C(C)(C)C)cc(CCl)c2c1. The lowest BCUT2D eigenvalue weighted by atomic mass is 9.90. The molecule has 1 heterocycles. The van der Waals surface area contributed by atoms with Crippen molar-refractivity contribution in [3.8, 4) is 0 Å². The van der Waals surface area contributed by atoms with Crippen LogP contribution < -0.4 is 0 Å². The summed E-state index contributed by atoms with van der Waals surface area (Å²) in [6.45, 7) is 8.61. The molecule has 0 aliphatic heterocycles. The number of nitrogens with zero attached hydrogens (tertiary/aromatic N) is 1. The number of rotatable bonds is 1. The Bertz CT molecular complexity index is 553. The average Bonchev–Trinajstić information content (AvgIpc) is 2.26. The van der Waals surface area contributed by atoms with Crippen molar-refractivity contribution in [3.63, 3.8) is 0 Å². The Morgan fingerprint density at radius 3 is 2.47 bits per heavy atom. The summed E-state index contributed by atoms with van der Waals surface area (Å²) in [6.07, 6.45) is 0. The first kappa shape index (κ1) is 12.4. The maximum absolute atomic E-state index is 6.05. The first-order valence-electron chi connectivity index (χ1n) is 5.88. The van der Waals surface area contributed by atoms with Gasteiger partial charge in [0.1, 0.15) is 0 Å². The zero-order chi connectivity index (χ0) is 12.6. The Balaban J connectivity index is 2.75. The number of halogens is 1. The second-order valence-corrected chi connectivity index (χ2v) is 5.84. The third-order valence-electron chi connectivity index (χ3n) is 2.96. The molecule has 2 aromatic rings. The van der Waals surface area contributed by atoms with Crippen molar-refractivity contribution >= 4 is 22.5 Å². The number of benzene rings is 1. The van der Waals surface area contributed by atoms with E-state index in [0.717, 1.165) is 11.2 Å². The highest BCUT2D eigenvalue weighted by Crippen LogP contribution is 2.27. The van der Waals surface area contributed by atoms with Crippen molar-refractivity contribution in [3.05, 3.63) is 41.1 Å². The average molecular weight is 248 g/mol. The van der Waals surface area contributed by atoms with Crippen LogP contribution in [0.15, 0.2) is 24.3 Å². The van der Waals surface area contributed by atoms with Crippen LogP contribution in [0.3, 0.4) is 0 Å². The first-order chi connectivity index (χ1) is 7.91. The summed E-state index contributed by atoms with van der Waals surface area (Å²) in [7, 11) is 0. The van der Waals surface area contributed by atoms with Gasteiger partial charge >= 0.3 is 0 Å². The highest BCUT2D eigenvalue weighted by Gasteiger charge is 2.17. The van der Waals surface area contributed by atoms with Crippen LogP contribution in [0.5, 0.6) is 0 Å². The van der Waals surface area contributed by atoms with Crippen molar-refractivity contribution in [1.29, 1.82) is 0 Å². The highest BCUT2D eigenvalue weighted by molar-refractivity contribution is 6.18. The molecule has 0 bridgehead atoms. The first-order valence-corrected chi connectivity index (χ1v) is 6.42. The molecule has 1 aromatic heterocycles. The minimum atomic E-state index is 0.0554. The third-order valence-corrected chi connectivity index (χ3v) is 3.25. The molecule has 0 aliphatic rings. The summed E-state index contributed by atoms with van der Waals surface area (Å²) in [5, 5.41) is 1.17. The van der Waals surface area contributed by atoms with Gasteiger partial charge in [-0.2, -0.15) is 0 Å². The van der Waals surface area contributed by atoms with Gasteiger partial charge in [-0.1, -0.05) is 32.4 Å². The summed E-state index contributed by atoms with van der Waals surface area (Å²) >= 11 is 6.05. The van der Waals surface area contributed by atoms with Gasteiger partial charge in [-0.15, -0.1) is 11.6 Å². The zero-order valence-corrected chi connectivity index (χ0v) is 11.6. The topological polar surface area (TPSA) is 12.9 Å². The van der Waals surface area contributed by atoms with E-state index in [9.17, 15) is 0 Å². The van der Waals surface area contributed by atoms with Gasteiger partial charge in [0.2, 0.25) is 0 Å². The molecule has 1 nitrogen and oxygen atoms in total. The summed E-state index contributed by atoms with van der Waals surface area (Å²) in [4.78, 5) is 4.74. The molecule has 90 valence electrons. The lowest BCUT2D eigenvalue weighted by molar-refractivity contribution is 0.571. The molecule has 2 heteroatoms. The minimum Gasteiger partial charge on any atom is -0.252 e. The third kappa shape index (κ3) is 2.44. The summed E-state index contributed by atoms with van der Waals surface area (Å²) in [5.74, 6) is 0.533. The second-order valence-electron chi connectivity index (χ2n) is 5.57. The molecule has 1 aromatic carbocycles. The normalized spacial score (nSPS) is 12.1. The molecule has 0 radical (unpaired) electrons. The van der Waals surface area contributed by atoms with Crippen molar-refractivity contribution in [1.82, 2.24) is 4.98 Å². The molecule has 0 unspecified atom stereocenters. The van der Waals surface area contributed by atoms with Gasteiger partial charge in [0.05, 0.1) is 5.52 Å². The van der Waals surface area contributed by atoms with E-state index in [1.807, 2.05) is 0 Å². The van der Waals surface area contributed by atoms with E-state index in [1.54, 1.807) is 0 Å². The molecule has 17 heavy (non-hydrogen) atoms. The lowest BCUT2D eigenvalue weighted by Crippen LogP contribution is -2.14. The molecular weight excluding hydrogens is 230 g/mol. The Hall–Kier alpha value is -1.08. The molecule has 0 fully saturated rings. The van der Waals surface area contributed by atoms with Gasteiger partial charge < -0.3 is 0 Å². The summed E-state index contributed by atoms with van der Waals surface area (Å²) in [6, 6.07) is 8.47. The van der Waals surface area contributed by atoms with E-state index in [-0.39, 0.29) is 5.41 Å². The van der Waals surface area contributed by atoms with Gasteiger partial charge in [0.15, 0.2) is 0 Å². The van der Waals surface area contributed by atoms with Crippen LogP contribution in [0, 0.1) is 6.92 Å². The fourth-order valence-corrected chi connectivity index (χ4v) is 2.13. The molecule has 0 aliphatic carbocycles. The fourth-order valence-electron chi connectivity index (χ4n) is 1.90. The number of pyridine rings is 1. The number of hydrogen-bond donors (Lipinski definition) is 0. The van der Waals surface area contributed by atoms with Crippen LogP contribution in [0.25, 0.3) is 10.9 Å². The number of aromatic nitrogens is 1. The van der Waals surface area contributed by atoms with Gasteiger partial charge in [0.25, 0.3) is 0 Å². The summed E-state index contributed by atoms with van der Waals surface area (Å²) < 4.78 is 0. The van der Waals surface area contributed by atoms with Crippen molar-refractivity contribution in [2.45, 2.75) is 39.0 Å². The maximum atomic E-state index is 6.05. The summed E-state index contributed by atoms with van der Waals surface area (Å²) in [5.41, 5.74) is 4.61. The fraction of sp³-hybridized carbons (Fsp3) is 0.400. The number of fused-ring (bicyclic) bond motifs is 1. The molecule has 0 saturated carbocycles. The number of hydrogen-bond acceptors (Lipinski definition) is 1. The molecule has 0 spiro atoms. The van der Waals surface area contributed by atoms with Gasteiger partial charge in [0, 0.05) is 22.4 Å². The quantitative estimate of drug-likeness (QED) is 0.673. The Morgan fingerprint density at radius 1 is 1.18 bits per heavy atom. The van der Waals surface area contributed by atoms with Crippen molar-refractivity contribution in [2.75, 3.05) is 0 Å². The van der Waals surface area contributed by atoms with E-state index in [4.69, 9.17) is 16.6 Å². The predicted molar refractivity (Wildman–Crippen MR) is 74.7 cm³/mol. The van der Waals surface area contributed by atoms with Crippen LogP contribution in [0.4, 0.5) is 0 Å². The lowest BCUT2D eigenvalue weighted by Gasteiger charge is -2.19. The van der Waals surface area contributed by atoms with Crippen LogP contribution in [0.2, 0.25) is 0 Å². The van der Waals surface area contributed by atoms with Crippen molar-refractivity contribution < 1.29 is 0 Å². The van der Waals surface area contributed by atoms with Gasteiger partial charge in [-0.25, -0.2) is 0 Å². The molecule has 0 atom stereocenters. The van der Waals surface area contributed by atoms with Crippen molar-refractivity contribution in [2.24, 2.45) is 0 Å². The molecule has 2 rings (SSSR count). The predicted octanol–water partition coefficient (Wildman–Crippen LogP) is 4.58. The van der Waals surface area contributed by atoms with Crippen LogP contribution in [0.1, 0.15) is 37.6 Å². The second kappa shape index (κ2) is 4.30. The highest BCUT2D eigenvalue weighted by atomic mass is 35.5. The van der Waals surface area contributed by atoms with Crippen LogP contribution in [-0.2, 0) is 11.3 Å². The van der Waals surface area contributed by atoms with E-state index in [2.05, 4.69) is 52.0 Å².